The van der Waals surface area contributed by atoms with E-state index >= 15 is 0 Å². The van der Waals surface area contributed by atoms with Gasteiger partial charge in [-0.2, -0.15) is 0 Å². The van der Waals surface area contributed by atoms with Crippen LogP contribution >= 0.6 is 0 Å². The van der Waals surface area contributed by atoms with Crippen LogP contribution in [0.15, 0.2) is 0 Å². The van der Waals surface area contributed by atoms with Gasteiger partial charge in [0.2, 0.25) is 0 Å². The zero-order valence-electron chi connectivity index (χ0n) is 8.31. The Hall–Kier alpha value is -0.0400. The van der Waals surface area contributed by atoms with E-state index in [4.69, 9.17) is 0 Å². The van der Waals surface area contributed by atoms with Gasteiger partial charge in [-0.1, -0.05) is 19.8 Å². The fourth-order valence-corrected chi connectivity index (χ4v) is 2.97. The van der Waals surface area contributed by atoms with Crippen LogP contribution in [0.2, 0.25) is 0 Å². The first kappa shape index (κ1) is 8.55. The van der Waals surface area contributed by atoms with Crippen LogP contribution < -0.4 is 0 Å². The van der Waals surface area contributed by atoms with Crippen molar-refractivity contribution in [1.82, 2.24) is 4.90 Å². The van der Waals surface area contributed by atoms with E-state index in [1.54, 1.807) is 0 Å². The molecule has 1 saturated heterocycles. The minimum absolute atomic E-state index is 0.811. The van der Waals surface area contributed by atoms with Crippen LogP contribution in [0.3, 0.4) is 0 Å². The Labute approximate surface area is 76.1 Å². The molecule has 0 radical (unpaired) electrons. The van der Waals surface area contributed by atoms with E-state index in [-0.39, 0.29) is 0 Å². The summed E-state index contributed by atoms with van der Waals surface area (Å²) in [4.78, 5) is 2.60. The van der Waals surface area contributed by atoms with Crippen LogP contribution in [0.1, 0.15) is 45.4 Å². The minimum Gasteiger partial charge on any atom is -0.304 e. The largest absolute Gasteiger partial charge is 0.304 e. The standard InChI is InChI=1S/C11H21N/c1-2-12-9-7-11(8-10-12)5-3-4-6-11/h2-10H2,1H3. The van der Waals surface area contributed by atoms with E-state index < -0.39 is 0 Å². The van der Waals surface area contributed by atoms with Crippen LogP contribution in [0.5, 0.6) is 0 Å². The van der Waals surface area contributed by atoms with E-state index in [1.807, 2.05) is 0 Å². The molecule has 2 aliphatic rings. The smallest absolute Gasteiger partial charge is 0.00135 e. The van der Waals surface area contributed by atoms with E-state index in [0.717, 1.165) is 5.41 Å². The number of likely N-dealkylation sites (tertiary alicyclic amines) is 1. The second kappa shape index (κ2) is 3.37. The van der Waals surface area contributed by atoms with Gasteiger partial charge in [0.15, 0.2) is 0 Å². The lowest BCUT2D eigenvalue weighted by atomic mass is 9.77. The third-order valence-corrected chi connectivity index (χ3v) is 4.03. The molecule has 1 heterocycles. The predicted molar refractivity (Wildman–Crippen MR) is 52.2 cm³/mol. The first-order valence-corrected chi connectivity index (χ1v) is 5.57. The summed E-state index contributed by atoms with van der Waals surface area (Å²) < 4.78 is 0. The molecule has 0 bridgehead atoms. The molecule has 0 N–H and O–H groups in total. The molecule has 1 aliphatic carbocycles. The zero-order chi connectivity index (χ0) is 8.44. The highest BCUT2D eigenvalue weighted by Gasteiger charge is 2.36. The summed E-state index contributed by atoms with van der Waals surface area (Å²) in [6.45, 7) is 6.29. The second-order valence-corrected chi connectivity index (χ2v) is 4.64. The molecule has 0 unspecified atom stereocenters. The molecule has 0 amide bonds. The maximum Gasteiger partial charge on any atom is -0.00135 e. The molecule has 2 fully saturated rings. The van der Waals surface area contributed by atoms with Gasteiger partial charge in [-0.3, -0.25) is 0 Å². The maximum absolute atomic E-state index is 2.60. The molecule has 2 rings (SSSR count). The average molecular weight is 167 g/mol. The number of rotatable bonds is 1. The number of nitrogens with zero attached hydrogens (tertiary/aromatic N) is 1. The van der Waals surface area contributed by atoms with Crippen LogP contribution in [-0.4, -0.2) is 24.5 Å². The van der Waals surface area contributed by atoms with Gasteiger partial charge in [-0.05, 0) is 50.7 Å². The molecule has 0 aromatic carbocycles. The van der Waals surface area contributed by atoms with E-state index in [2.05, 4.69) is 11.8 Å². The average Bonchev–Trinajstić information content (AvgIpc) is 2.55. The third-order valence-electron chi connectivity index (χ3n) is 4.03. The monoisotopic (exact) mass is 167 g/mol. The van der Waals surface area contributed by atoms with Crippen molar-refractivity contribution in [3.63, 3.8) is 0 Å². The molecule has 1 saturated carbocycles. The quantitative estimate of drug-likeness (QED) is 0.580. The van der Waals surface area contributed by atoms with Crippen LogP contribution in [0.25, 0.3) is 0 Å². The zero-order valence-corrected chi connectivity index (χ0v) is 8.31. The summed E-state index contributed by atoms with van der Waals surface area (Å²) >= 11 is 0. The fourth-order valence-electron chi connectivity index (χ4n) is 2.97. The summed E-state index contributed by atoms with van der Waals surface area (Å²) in [6.07, 6.45) is 9.05. The summed E-state index contributed by atoms with van der Waals surface area (Å²) in [5.41, 5.74) is 0.811. The highest BCUT2D eigenvalue weighted by Crippen LogP contribution is 2.45. The molecule has 1 spiro atoms. The van der Waals surface area contributed by atoms with Crippen LogP contribution in [0, 0.1) is 5.41 Å². The first-order valence-electron chi connectivity index (χ1n) is 5.57. The molecule has 0 aromatic rings. The van der Waals surface area contributed by atoms with Crippen molar-refractivity contribution < 1.29 is 0 Å². The van der Waals surface area contributed by atoms with Crippen molar-refractivity contribution in [3.8, 4) is 0 Å². The fraction of sp³-hybridized carbons (Fsp3) is 1.00. The Morgan fingerprint density at radius 2 is 1.58 bits per heavy atom. The van der Waals surface area contributed by atoms with Crippen LogP contribution in [0.4, 0.5) is 0 Å². The van der Waals surface area contributed by atoms with Gasteiger partial charge in [0.25, 0.3) is 0 Å². The highest BCUT2D eigenvalue weighted by molar-refractivity contribution is 4.89. The lowest BCUT2D eigenvalue weighted by molar-refractivity contribution is 0.113. The van der Waals surface area contributed by atoms with Gasteiger partial charge in [-0.25, -0.2) is 0 Å². The molecular formula is C11H21N. The topological polar surface area (TPSA) is 3.24 Å². The maximum atomic E-state index is 2.60. The SMILES string of the molecule is CCN1CCC2(CCCC2)CC1. The molecule has 0 atom stereocenters. The summed E-state index contributed by atoms with van der Waals surface area (Å²) in [6, 6.07) is 0. The van der Waals surface area contributed by atoms with Crippen molar-refractivity contribution >= 4 is 0 Å². The van der Waals surface area contributed by atoms with Gasteiger partial charge in [0.05, 0.1) is 0 Å². The van der Waals surface area contributed by atoms with Gasteiger partial charge < -0.3 is 4.90 Å². The van der Waals surface area contributed by atoms with Crippen molar-refractivity contribution in [1.29, 1.82) is 0 Å². The lowest BCUT2D eigenvalue weighted by Gasteiger charge is -2.38. The molecule has 0 aromatic heterocycles. The summed E-state index contributed by atoms with van der Waals surface area (Å²) in [5, 5.41) is 0. The number of hydrogen-bond acceptors (Lipinski definition) is 1. The molecular weight excluding hydrogens is 146 g/mol. The Kier molecular flexibility index (Phi) is 2.40. The van der Waals surface area contributed by atoms with Crippen molar-refractivity contribution in [2.24, 2.45) is 5.41 Å². The predicted octanol–water partition coefficient (Wildman–Crippen LogP) is 2.66. The summed E-state index contributed by atoms with van der Waals surface area (Å²) in [5.74, 6) is 0. The number of piperidine rings is 1. The Morgan fingerprint density at radius 3 is 2.08 bits per heavy atom. The van der Waals surface area contributed by atoms with Gasteiger partial charge in [-0.15, -0.1) is 0 Å². The minimum atomic E-state index is 0.811. The second-order valence-electron chi connectivity index (χ2n) is 4.64. The third kappa shape index (κ3) is 1.52. The van der Waals surface area contributed by atoms with Crippen LogP contribution in [-0.2, 0) is 0 Å². The van der Waals surface area contributed by atoms with E-state index in [0.29, 0.717) is 0 Å². The number of hydrogen-bond donors (Lipinski definition) is 0. The Balaban J connectivity index is 1.88. The molecule has 70 valence electrons. The lowest BCUT2D eigenvalue weighted by Crippen LogP contribution is -2.38. The normalized spacial score (nSPS) is 29.8. The molecule has 1 nitrogen and oxygen atoms in total. The first-order chi connectivity index (χ1) is 5.85. The van der Waals surface area contributed by atoms with Crippen molar-refractivity contribution in [2.75, 3.05) is 19.6 Å². The summed E-state index contributed by atoms with van der Waals surface area (Å²) in [7, 11) is 0. The van der Waals surface area contributed by atoms with Gasteiger partial charge >= 0.3 is 0 Å². The molecule has 12 heavy (non-hydrogen) atoms. The van der Waals surface area contributed by atoms with E-state index in [9.17, 15) is 0 Å². The van der Waals surface area contributed by atoms with Gasteiger partial charge in [0, 0.05) is 0 Å². The molecule has 1 aliphatic heterocycles. The van der Waals surface area contributed by atoms with Crippen molar-refractivity contribution in [3.05, 3.63) is 0 Å². The van der Waals surface area contributed by atoms with Crippen molar-refractivity contribution in [2.45, 2.75) is 45.4 Å². The highest BCUT2D eigenvalue weighted by atomic mass is 15.1. The van der Waals surface area contributed by atoms with Gasteiger partial charge in [0.1, 0.15) is 0 Å². The Morgan fingerprint density at radius 1 is 1.00 bits per heavy atom. The van der Waals surface area contributed by atoms with E-state index in [1.165, 1.54) is 58.2 Å². The Bertz CT molecular complexity index is 137. The molecule has 1 heteroatoms.